The Balaban J connectivity index is 1.83. The van der Waals surface area contributed by atoms with Crippen molar-refractivity contribution < 1.29 is 9.18 Å². The summed E-state index contributed by atoms with van der Waals surface area (Å²) in [5.41, 5.74) is 0.512. The normalized spacial score (nSPS) is 18.0. The maximum absolute atomic E-state index is 13.0. The van der Waals surface area contributed by atoms with Crippen LogP contribution < -0.4 is 10.6 Å². The van der Waals surface area contributed by atoms with Crippen LogP contribution in [0.2, 0.25) is 0 Å². The van der Waals surface area contributed by atoms with Gasteiger partial charge in [-0.3, -0.25) is 9.69 Å². The van der Waals surface area contributed by atoms with E-state index in [1.165, 1.54) is 12.1 Å². The van der Waals surface area contributed by atoms with Gasteiger partial charge < -0.3 is 10.6 Å². The lowest BCUT2D eigenvalue weighted by atomic mass is 10.1. The third-order valence-electron chi connectivity index (χ3n) is 3.36. The van der Waals surface area contributed by atoms with Gasteiger partial charge in [-0.2, -0.15) is 0 Å². The number of amides is 1. The molecule has 1 aliphatic rings. The van der Waals surface area contributed by atoms with E-state index in [1.807, 2.05) is 0 Å². The minimum Gasteiger partial charge on any atom is -0.326 e. The van der Waals surface area contributed by atoms with Crippen LogP contribution in [0.25, 0.3) is 0 Å². The molecule has 1 unspecified atom stereocenters. The Morgan fingerprint density at radius 3 is 2.89 bits per heavy atom. The lowest BCUT2D eigenvalue weighted by Gasteiger charge is -2.32. The summed E-state index contributed by atoms with van der Waals surface area (Å²) in [6.07, 6.45) is 0.427. The lowest BCUT2D eigenvalue weighted by Crippen LogP contribution is -2.48. The number of benzene rings is 1. The molecule has 1 aliphatic heterocycles. The maximum atomic E-state index is 13.0. The average Bonchev–Trinajstić information content (AvgIpc) is 2.39. The molecule has 1 aromatic carbocycles. The van der Waals surface area contributed by atoms with Gasteiger partial charge in [-0.25, -0.2) is 4.39 Å². The summed E-state index contributed by atoms with van der Waals surface area (Å²) in [5, 5.41) is 6.02. The summed E-state index contributed by atoms with van der Waals surface area (Å²) < 4.78 is 13.0. The molecule has 1 atom stereocenters. The highest BCUT2D eigenvalue weighted by atomic mass is 19.1. The third kappa shape index (κ3) is 4.29. The molecule has 1 saturated heterocycles. The van der Waals surface area contributed by atoms with Crippen molar-refractivity contribution in [3.8, 4) is 0 Å². The van der Waals surface area contributed by atoms with Crippen molar-refractivity contribution in [1.29, 1.82) is 0 Å². The molecule has 0 saturated carbocycles. The van der Waals surface area contributed by atoms with E-state index >= 15 is 0 Å². The third-order valence-corrected chi connectivity index (χ3v) is 3.36. The van der Waals surface area contributed by atoms with E-state index in [9.17, 15) is 9.18 Å². The second-order valence-corrected chi connectivity index (χ2v) is 4.90. The quantitative estimate of drug-likeness (QED) is 0.866. The fourth-order valence-electron chi connectivity index (χ4n) is 2.30. The highest BCUT2D eigenvalue weighted by Gasteiger charge is 2.18. The van der Waals surface area contributed by atoms with Crippen LogP contribution in [0.15, 0.2) is 24.3 Å². The number of rotatable bonds is 4. The Hall–Kier alpha value is -1.46. The Kier molecular flexibility index (Phi) is 4.87. The van der Waals surface area contributed by atoms with Crippen LogP contribution in [0.1, 0.15) is 13.3 Å². The smallest absolute Gasteiger partial charge is 0.225 e. The van der Waals surface area contributed by atoms with E-state index in [0.717, 1.165) is 26.2 Å². The molecule has 1 aromatic rings. The first-order valence-corrected chi connectivity index (χ1v) is 6.65. The van der Waals surface area contributed by atoms with Crippen LogP contribution >= 0.6 is 0 Å². The summed E-state index contributed by atoms with van der Waals surface area (Å²) in [5.74, 6) is -0.412. The van der Waals surface area contributed by atoms with E-state index in [0.29, 0.717) is 12.1 Å². The summed E-state index contributed by atoms with van der Waals surface area (Å²) in [4.78, 5) is 14.2. The monoisotopic (exact) mass is 265 g/mol. The molecule has 0 radical (unpaired) electrons. The van der Waals surface area contributed by atoms with Gasteiger partial charge in [0.05, 0.1) is 0 Å². The maximum Gasteiger partial charge on any atom is 0.225 e. The predicted octanol–water partition coefficient (Wildman–Crippen LogP) is 1.45. The van der Waals surface area contributed by atoms with E-state index in [1.54, 1.807) is 12.1 Å². The van der Waals surface area contributed by atoms with Gasteiger partial charge in [-0.05, 0) is 25.1 Å². The first-order valence-electron chi connectivity index (χ1n) is 6.65. The molecule has 0 spiro atoms. The van der Waals surface area contributed by atoms with Gasteiger partial charge in [0.25, 0.3) is 0 Å². The van der Waals surface area contributed by atoms with Gasteiger partial charge in [0.15, 0.2) is 0 Å². The summed E-state index contributed by atoms with van der Waals surface area (Å²) >= 11 is 0. The Morgan fingerprint density at radius 2 is 2.21 bits per heavy atom. The molecular formula is C14H20FN3O. The number of piperazine rings is 1. The van der Waals surface area contributed by atoms with Crippen LogP contribution in [0.5, 0.6) is 0 Å². The molecule has 2 N–H and O–H groups in total. The lowest BCUT2D eigenvalue weighted by molar-refractivity contribution is -0.117. The zero-order valence-corrected chi connectivity index (χ0v) is 11.2. The highest BCUT2D eigenvalue weighted by Crippen LogP contribution is 2.11. The van der Waals surface area contributed by atoms with E-state index in [-0.39, 0.29) is 17.8 Å². The van der Waals surface area contributed by atoms with Crippen molar-refractivity contribution in [2.24, 2.45) is 0 Å². The van der Waals surface area contributed by atoms with Gasteiger partial charge in [0.1, 0.15) is 5.82 Å². The van der Waals surface area contributed by atoms with E-state index < -0.39 is 0 Å². The second-order valence-electron chi connectivity index (χ2n) is 4.90. The minimum absolute atomic E-state index is 0.0726. The minimum atomic E-state index is -0.340. The molecule has 104 valence electrons. The molecule has 19 heavy (non-hydrogen) atoms. The molecule has 0 bridgehead atoms. The topological polar surface area (TPSA) is 44.4 Å². The Morgan fingerprint density at radius 1 is 1.47 bits per heavy atom. The zero-order valence-electron chi connectivity index (χ0n) is 11.2. The van der Waals surface area contributed by atoms with E-state index in [4.69, 9.17) is 0 Å². The van der Waals surface area contributed by atoms with Crippen LogP contribution in [-0.4, -0.2) is 43.0 Å². The van der Waals surface area contributed by atoms with Gasteiger partial charge in [0.2, 0.25) is 5.91 Å². The second kappa shape index (κ2) is 6.63. The van der Waals surface area contributed by atoms with Gasteiger partial charge in [0, 0.05) is 44.3 Å². The fraction of sp³-hybridized carbons (Fsp3) is 0.500. The van der Waals surface area contributed by atoms with Gasteiger partial charge in [-0.1, -0.05) is 6.07 Å². The number of nitrogens with one attached hydrogen (secondary N) is 2. The molecular weight excluding hydrogens is 245 g/mol. The fourth-order valence-corrected chi connectivity index (χ4v) is 2.30. The van der Waals surface area contributed by atoms with Crippen LogP contribution in [0.3, 0.4) is 0 Å². The van der Waals surface area contributed by atoms with Crippen LogP contribution in [-0.2, 0) is 4.79 Å². The zero-order chi connectivity index (χ0) is 13.7. The standard InChI is InChI=1S/C14H20FN3O/c1-11(18-7-5-16-6-8-18)9-14(19)17-13-4-2-3-12(15)10-13/h2-4,10-11,16H,5-9H2,1H3,(H,17,19). The van der Waals surface area contributed by atoms with Crippen molar-refractivity contribution in [3.05, 3.63) is 30.1 Å². The van der Waals surface area contributed by atoms with Crippen LogP contribution in [0.4, 0.5) is 10.1 Å². The molecule has 1 heterocycles. The van der Waals surface area contributed by atoms with Crippen molar-refractivity contribution in [3.63, 3.8) is 0 Å². The first-order chi connectivity index (χ1) is 9.15. The molecule has 1 amide bonds. The number of halogens is 1. The molecule has 2 rings (SSSR count). The summed E-state index contributed by atoms with van der Waals surface area (Å²) in [7, 11) is 0. The number of anilines is 1. The Labute approximate surface area is 113 Å². The van der Waals surface area contributed by atoms with Crippen molar-refractivity contribution in [2.45, 2.75) is 19.4 Å². The van der Waals surface area contributed by atoms with Crippen molar-refractivity contribution >= 4 is 11.6 Å². The number of hydrogen-bond donors (Lipinski definition) is 2. The molecule has 0 aliphatic carbocycles. The van der Waals surface area contributed by atoms with E-state index in [2.05, 4.69) is 22.5 Å². The molecule has 4 nitrogen and oxygen atoms in total. The Bertz CT molecular complexity index is 432. The number of carbonyl (C=O) groups is 1. The summed E-state index contributed by atoms with van der Waals surface area (Å²) in [6.45, 7) is 5.92. The summed E-state index contributed by atoms with van der Waals surface area (Å²) in [6, 6.07) is 6.17. The SMILES string of the molecule is CC(CC(=O)Nc1cccc(F)c1)N1CCNCC1. The highest BCUT2D eigenvalue weighted by molar-refractivity contribution is 5.91. The first kappa shape index (κ1) is 14.0. The molecule has 1 fully saturated rings. The average molecular weight is 265 g/mol. The number of nitrogens with zero attached hydrogens (tertiary/aromatic N) is 1. The van der Waals surface area contributed by atoms with Crippen molar-refractivity contribution in [2.75, 3.05) is 31.5 Å². The van der Waals surface area contributed by atoms with Gasteiger partial charge >= 0.3 is 0 Å². The predicted molar refractivity (Wildman–Crippen MR) is 73.6 cm³/mol. The number of carbonyl (C=O) groups excluding carboxylic acids is 1. The molecule has 5 heteroatoms. The number of hydrogen-bond acceptors (Lipinski definition) is 3. The van der Waals surface area contributed by atoms with Crippen molar-refractivity contribution in [1.82, 2.24) is 10.2 Å². The van der Waals surface area contributed by atoms with Crippen LogP contribution in [0, 0.1) is 5.82 Å². The molecule has 0 aromatic heterocycles. The largest absolute Gasteiger partial charge is 0.326 e. The van der Waals surface area contributed by atoms with Gasteiger partial charge in [-0.15, -0.1) is 0 Å².